The summed E-state index contributed by atoms with van der Waals surface area (Å²) in [7, 11) is 0. The highest BCUT2D eigenvalue weighted by molar-refractivity contribution is 5.86. The molecular formula is C12H26N2O2. The van der Waals surface area contributed by atoms with Crippen molar-refractivity contribution in [3.63, 3.8) is 0 Å². The fourth-order valence-corrected chi connectivity index (χ4v) is 0.730. The van der Waals surface area contributed by atoms with Crippen LogP contribution in [0.2, 0.25) is 0 Å². The molecule has 0 saturated heterocycles. The minimum absolute atomic E-state index is 0. The van der Waals surface area contributed by atoms with Gasteiger partial charge < -0.3 is 16.2 Å². The molecule has 0 aliphatic carbocycles. The summed E-state index contributed by atoms with van der Waals surface area (Å²) in [6, 6.07) is 0. The number of hydrogen-bond acceptors (Lipinski definition) is 4. The molecule has 0 aliphatic heterocycles. The van der Waals surface area contributed by atoms with Crippen LogP contribution in [0.4, 0.5) is 0 Å². The van der Waals surface area contributed by atoms with Crippen LogP contribution in [0.3, 0.4) is 0 Å². The molecule has 4 nitrogen and oxygen atoms in total. The molecule has 0 saturated carbocycles. The first-order valence-corrected chi connectivity index (χ1v) is 5.07. The molecule has 0 rings (SSSR count). The number of hydrogen-bond donors (Lipinski definition) is 2. The molecule has 16 heavy (non-hydrogen) atoms. The predicted octanol–water partition coefficient (Wildman–Crippen LogP) is 2.32. The van der Waals surface area contributed by atoms with E-state index >= 15 is 0 Å². The van der Waals surface area contributed by atoms with Crippen molar-refractivity contribution >= 4 is 5.97 Å². The van der Waals surface area contributed by atoms with E-state index in [9.17, 15) is 4.79 Å². The van der Waals surface area contributed by atoms with Crippen LogP contribution in [0, 0.1) is 5.92 Å². The second-order valence-corrected chi connectivity index (χ2v) is 3.51. The second-order valence-electron chi connectivity index (χ2n) is 3.51. The maximum Gasteiger partial charge on any atom is 0.333 e. The van der Waals surface area contributed by atoms with Crippen LogP contribution >= 0.6 is 0 Å². The molecule has 0 heterocycles. The zero-order chi connectivity index (χ0) is 12.3. The molecule has 0 aromatic carbocycles. The first-order chi connectivity index (χ1) is 7.04. The predicted molar refractivity (Wildman–Crippen MR) is 69.8 cm³/mol. The largest absolute Gasteiger partial charge is 0.461 e. The Bertz CT molecular complexity index is 191. The molecule has 0 radical (unpaired) electrons. The zero-order valence-corrected chi connectivity index (χ0v) is 10.8. The number of ether oxygens (including phenoxy) is 1. The highest BCUT2D eigenvalue weighted by atomic mass is 16.5. The van der Waals surface area contributed by atoms with Crippen molar-refractivity contribution in [3.8, 4) is 0 Å². The molecule has 0 bridgehead atoms. The van der Waals surface area contributed by atoms with E-state index < -0.39 is 0 Å². The summed E-state index contributed by atoms with van der Waals surface area (Å²) in [5.74, 6) is 0.309. The first-order valence-electron chi connectivity index (χ1n) is 5.07. The third-order valence-electron chi connectivity index (χ3n) is 1.41. The van der Waals surface area contributed by atoms with E-state index in [2.05, 4.69) is 38.9 Å². The van der Waals surface area contributed by atoms with Crippen LogP contribution in [-0.2, 0) is 9.53 Å². The molecule has 0 spiro atoms. The summed E-state index contributed by atoms with van der Waals surface area (Å²) in [6.07, 6.45) is 0. The van der Waals surface area contributed by atoms with Crippen LogP contribution in [0.1, 0.15) is 20.8 Å². The normalized spacial score (nSPS) is 8.50. The number of carbonyl (C=O) groups excluding carboxylic acids is 1. The van der Waals surface area contributed by atoms with Gasteiger partial charge in [0.15, 0.2) is 0 Å². The van der Waals surface area contributed by atoms with Crippen LogP contribution < -0.4 is 11.5 Å². The van der Waals surface area contributed by atoms with E-state index in [-0.39, 0.29) is 12.1 Å². The van der Waals surface area contributed by atoms with Gasteiger partial charge in [-0.1, -0.05) is 20.4 Å². The molecule has 4 N–H and O–H groups in total. The zero-order valence-electron chi connectivity index (χ0n) is 10.8. The highest BCUT2D eigenvalue weighted by Gasteiger charge is 2.01. The summed E-state index contributed by atoms with van der Waals surface area (Å²) in [5.41, 5.74) is 0.448. The van der Waals surface area contributed by atoms with E-state index in [0.29, 0.717) is 24.6 Å². The topological polar surface area (TPSA) is 73.3 Å². The van der Waals surface area contributed by atoms with Gasteiger partial charge in [-0.25, -0.2) is 4.79 Å². The van der Waals surface area contributed by atoms with E-state index in [4.69, 9.17) is 4.74 Å². The lowest BCUT2D eigenvalue weighted by Gasteiger charge is -2.07. The Balaban J connectivity index is -0.000000529. The van der Waals surface area contributed by atoms with Gasteiger partial charge in [0.05, 0.1) is 0 Å². The Morgan fingerprint density at radius 2 is 1.88 bits per heavy atom. The average Bonchev–Trinajstić information content (AvgIpc) is 2.19. The number of nitrogens with one attached hydrogen (secondary N) is 1. The van der Waals surface area contributed by atoms with Crippen molar-refractivity contribution in [2.75, 3.05) is 19.7 Å². The van der Waals surface area contributed by atoms with Gasteiger partial charge in [0.25, 0.3) is 0 Å². The van der Waals surface area contributed by atoms with Crippen molar-refractivity contribution in [2.45, 2.75) is 20.8 Å². The first kappa shape index (κ1) is 20.3. The molecule has 96 valence electrons. The monoisotopic (exact) mass is 230 g/mol. The van der Waals surface area contributed by atoms with Gasteiger partial charge >= 0.3 is 5.97 Å². The molecular weight excluding hydrogens is 204 g/mol. The summed E-state index contributed by atoms with van der Waals surface area (Å²) in [6.45, 7) is 17.5. The van der Waals surface area contributed by atoms with Crippen molar-refractivity contribution in [2.24, 2.45) is 5.92 Å². The van der Waals surface area contributed by atoms with E-state index in [1.807, 2.05) is 0 Å². The molecule has 0 unspecified atom stereocenters. The number of carbonyl (C=O) groups is 1. The number of rotatable bonds is 6. The molecule has 0 fully saturated rings. The van der Waals surface area contributed by atoms with Crippen LogP contribution in [0.5, 0.6) is 0 Å². The van der Waals surface area contributed by atoms with Crippen LogP contribution in [0.15, 0.2) is 25.3 Å². The van der Waals surface area contributed by atoms with Crippen LogP contribution in [-0.4, -0.2) is 25.7 Å². The summed E-state index contributed by atoms with van der Waals surface area (Å²) in [4.78, 5) is 10.9. The molecule has 0 atom stereocenters. The van der Waals surface area contributed by atoms with E-state index in [0.717, 1.165) is 6.54 Å². The maximum absolute atomic E-state index is 10.9. The number of esters is 1. The Kier molecular flexibility index (Phi) is 17.6. The van der Waals surface area contributed by atoms with Gasteiger partial charge in [0.2, 0.25) is 0 Å². The smallest absolute Gasteiger partial charge is 0.333 e. The average molecular weight is 230 g/mol. The van der Waals surface area contributed by atoms with Gasteiger partial charge in [0, 0.05) is 12.1 Å². The molecule has 0 aromatic heterocycles. The fraction of sp³-hybridized carbons (Fsp3) is 0.583. The molecule has 0 aromatic rings. The molecule has 0 aliphatic rings. The van der Waals surface area contributed by atoms with Gasteiger partial charge in [0.1, 0.15) is 6.61 Å². The van der Waals surface area contributed by atoms with Crippen molar-refractivity contribution in [3.05, 3.63) is 25.3 Å². The maximum atomic E-state index is 10.9. The van der Waals surface area contributed by atoms with E-state index in [1.54, 1.807) is 6.92 Å². The second kappa shape index (κ2) is 13.9. The van der Waals surface area contributed by atoms with Crippen molar-refractivity contribution in [1.82, 2.24) is 11.5 Å². The van der Waals surface area contributed by atoms with E-state index in [1.165, 1.54) is 0 Å². The SMILES string of the molecule is C=C.C=C(C)C(=O)OCCNCC(C)C.N. The Morgan fingerprint density at radius 1 is 1.38 bits per heavy atom. The van der Waals surface area contributed by atoms with Crippen LogP contribution in [0.25, 0.3) is 0 Å². The van der Waals surface area contributed by atoms with Gasteiger partial charge in [-0.3, -0.25) is 0 Å². The van der Waals surface area contributed by atoms with Gasteiger partial charge in [-0.2, -0.15) is 0 Å². The summed E-state index contributed by atoms with van der Waals surface area (Å²) >= 11 is 0. The third kappa shape index (κ3) is 15.3. The quantitative estimate of drug-likeness (QED) is 0.318. The fourth-order valence-electron chi connectivity index (χ4n) is 0.730. The lowest BCUT2D eigenvalue weighted by atomic mass is 10.2. The summed E-state index contributed by atoms with van der Waals surface area (Å²) in [5, 5.41) is 3.17. The lowest BCUT2D eigenvalue weighted by molar-refractivity contribution is -0.138. The Morgan fingerprint density at radius 3 is 2.25 bits per heavy atom. The van der Waals surface area contributed by atoms with Crippen molar-refractivity contribution in [1.29, 1.82) is 0 Å². The third-order valence-corrected chi connectivity index (χ3v) is 1.41. The summed E-state index contributed by atoms with van der Waals surface area (Å²) < 4.78 is 4.88. The molecule has 0 amide bonds. The Hall–Kier alpha value is -1.13. The van der Waals surface area contributed by atoms with Crippen molar-refractivity contribution < 1.29 is 9.53 Å². The standard InChI is InChI=1S/C10H19NO2.C2H4.H3N/c1-8(2)7-11-5-6-13-10(12)9(3)4;1-2;/h8,11H,3,5-7H2,1-2,4H3;1-2H2;1H3. The highest BCUT2D eigenvalue weighted by Crippen LogP contribution is 1.91. The Labute approximate surface area is 99.3 Å². The minimum Gasteiger partial charge on any atom is -0.461 e. The van der Waals surface area contributed by atoms with Gasteiger partial charge in [-0.05, 0) is 19.4 Å². The lowest BCUT2D eigenvalue weighted by Crippen LogP contribution is -2.25. The van der Waals surface area contributed by atoms with Gasteiger partial charge in [-0.15, -0.1) is 13.2 Å². The minimum atomic E-state index is -0.314. The molecule has 4 heteroatoms.